The van der Waals surface area contributed by atoms with Crippen molar-refractivity contribution in [2.75, 3.05) is 13.1 Å². The van der Waals surface area contributed by atoms with E-state index < -0.39 is 0 Å². The van der Waals surface area contributed by atoms with Crippen molar-refractivity contribution in [3.05, 3.63) is 47.5 Å². The molecule has 1 aliphatic rings. The Kier molecular flexibility index (Phi) is 4.36. The van der Waals surface area contributed by atoms with E-state index in [0.717, 1.165) is 12.8 Å². The van der Waals surface area contributed by atoms with Crippen LogP contribution in [0.15, 0.2) is 36.4 Å². The third-order valence-electron chi connectivity index (χ3n) is 2.95. The van der Waals surface area contributed by atoms with E-state index in [1.54, 1.807) is 6.08 Å². The maximum absolute atomic E-state index is 11.5. The number of rotatable bonds is 4. The van der Waals surface area contributed by atoms with E-state index in [2.05, 4.69) is 17.4 Å². The van der Waals surface area contributed by atoms with Crippen LogP contribution in [0, 0.1) is 0 Å². The molecule has 3 N–H and O–H groups in total. The number of amides is 1. The van der Waals surface area contributed by atoms with E-state index in [0.29, 0.717) is 13.1 Å². The van der Waals surface area contributed by atoms with Crippen LogP contribution in [-0.4, -0.2) is 25.3 Å². The first-order chi connectivity index (χ1) is 8.79. The van der Waals surface area contributed by atoms with E-state index >= 15 is 0 Å². The zero-order chi connectivity index (χ0) is 12.8. The zero-order valence-electron chi connectivity index (χ0n) is 10.3. The summed E-state index contributed by atoms with van der Waals surface area (Å²) in [5.41, 5.74) is 7.85. The second-order valence-corrected chi connectivity index (χ2v) is 4.29. The van der Waals surface area contributed by atoms with Gasteiger partial charge in [0, 0.05) is 25.9 Å². The van der Waals surface area contributed by atoms with Gasteiger partial charge in [0.2, 0.25) is 0 Å². The van der Waals surface area contributed by atoms with Crippen LogP contribution in [0.25, 0.3) is 0 Å². The number of carbonyl (C=O) groups is 1. The first-order valence-electron chi connectivity index (χ1n) is 6.16. The average Bonchev–Trinajstić information content (AvgIpc) is 2.76. The van der Waals surface area contributed by atoms with Gasteiger partial charge in [0.1, 0.15) is 6.10 Å². The molecule has 0 spiro atoms. The second kappa shape index (κ2) is 6.21. The molecule has 4 nitrogen and oxygen atoms in total. The number of hydrogen-bond acceptors (Lipinski definition) is 3. The van der Waals surface area contributed by atoms with E-state index in [1.807, 2.05) is 18.2 Å². The van der Waals surface area contributed by atoms with E-state index in [4.69, 9.17) is 10.5 Å². The standard InChI is InChI=1S/C14H18N2O2/c15-7-3-4-8-16-14(17)18-13-9-11-5-1-2-6-12(11)10-13/h1-6,13H,7-10,15H2,(H,16,17)/b4-3+. The fourth-order valence-electron chi connectivity index (χ4n) is 2.12. The highest BCUT2D eigenvalue weighted by molar-refractivity contribution is 5.67. The molecule has 0 aromatic heterocycles. The Hall–Kier alpha value is -1.81. The van der Waals surface area contributed by atoms with Gasteiger partial charge in [-0.15, -0.1) is 0 Å². The van der Waals surface area contributed by atoms with Gasteiger partial charge in [0.05, 0.1) is 0 Å². The lowest BCUT2D eigenvalue weighted by Gasteiger charge is -2.11. The van der Waals surface area contributed by atoms with E-state index in [-0.39, 0.29) is 12.2 Å². The lowest BCUT2D eigenvalue weighted by molar-refractivity contribution is 0.104. The minimum Gasteiger partial charge on any atom is -0.446 e. The molecule has 0 fully saturated rings. The highest BCUT2D eigenvalue weighted by atomic mass is 16.6. The third kappa shape index (κ3) is 3.34. The van der Waals surface area contributed by atoms with E-state index in [1.165, 1.54) is 11.1 Å². The molecule has 0 atom stereocenters. The molecule has 1 amide bonds. The van der Waals surface area contributed by atoms with Crippen molar-refractivity contribution in [2.24, 2.45) is 5.73 Å². The Morgan fingerprint density at radius 3 is 2.61 bits per heavy atom. The molecule has 0 heterocycles. The van der Waals surface area contributed by atoms with E-state index in [9.17, 15) is 4.79 Å². The normalized spacial score (nSPS) is 14.7. The topological polar surface area (TPSA) is 64.3 Å². The zero-order valence-corrected chi connectivity index (χ0v) is 10.3. The maximum Gasteiger partial charge on any atom is 0.407 e. The summed E-state index contributed by atoms with van der Waals surface area (Å²) in [6.45, 7) is 0.935. The van der Waals surface area contributed by atoms with Crippen LogP contribution >= 0.6 is 0 Å². The molecule has 0 unspecified atom stereocenters. The number of benzene rings is 1. The van der Waals surface area contributed by atoms with Crippen LogP contribution in [0.4, 0.5) is 4.79 Å². The Bertz CT molecular complexity index is 418. The first-order valence-corrected chi connectivity index (χ1v) is 6.16. The SMILES string of the molecule is NC/C=C/CNC(=O)OC1Cc2ccccc2C1. The Morgan fingerprint density at radius 2 is 2.00 bits per heavy atom. The number of carbonyl (C=O) groups excluding carboxylic acids is 1. The van der Waals surface area contributed by atoms with Gasteiger partial charge < -0.3 is 15.8 Å². The Balaban J connectivity index is 1.76. The summed E-state index contributed by atoms with van der Waals surface area (Å²) in [6, 6.07) is 8.19. The second-order valence-electron chi connectivity index (χ2n) is 4.29. The highest BCUT2D eigenvalue weighted by Gasteiger charge is 2.23. The highest BCUT2D eigenvalue weighted by Crippen LogP contribution is 2.23. The number of fused-ring (bicyclic) bond motifs is 1. The summed E-state index contributed by atoms with van der Waals surface area (Å²) in [5, 5.41) is 2.67. The van der Waals surface area contributed by atoms with Gasteiger partial charge in [-0.05, 0) is 11.1 Å². The quantitative estimate of drug-likeness (QED) is 0.789. The smallest absolute Gasteiger partial charge is 0.407 e. The van der Waals surface area contributed by atoms with Crippen LogP contribution in [0.2, 0.25) is 0 Å². The van der Waals surface area contributed by atoms with Gasteiger partial charge in [-0.25, -0.2) is 4.79 Å². The summed E-state index contributed by atoms with van der Waals surface area (Å²) in [5.74, 6) is 0. The Morgan fingerprint density at radius 1 is 1.33 bits per heavy atom. The van der Waals surface area contributed by atoms with Crippen LogP contribution in [0.1, 0.15) is 11.1 Å². The molecule has 18 heavy (non-hydrogen) atoms. The lowest BCUT2D eigenvalue weighted by atomic mass is 10.1. The van der Waals surface area contributed by atoms with Crippen molar-refractivity contribution in [1.82, 2.24) is 5.32 Å². The molecule has 1 aliphatic carbocycles. The molecular weight excluding hydrogens is 228 g/mol. The number of nitrogens with one attached hydrogen (secondary N) is 1. The molecule has 2 rings (SSSR count). The summed E-state index contributed by atoms with van der Waals surface area (Å²) in [7, 11) is 0. The molecule has 0 bridgehead atoms. The summed E-state index contributed by atoms with van der Waals surface area (Å²) < 4.78 is 5.36. The number of ether oxygens (including phenoxy) is 1. The largest absolute Gasteiger partial charge is 0.446 e. The molecule has 0 radical (unpaired) electrons. The summed E-state index contributed by atoms with van der Waals surface area (Å²) in [4.78, 5) is 11.5. The summed E-state index contributed by atoms with van der Waals surface area (Å²) in [6.07, 6.45) is 4.82. The molecule has 1 aromatic rings. The van der Waals surface area contributed by atoms with Crippen molar-refractivity contribution in [3.8, 4) is 0 Å². The van der Waals surface area contributed by atoms with Crippen LogP contribution < -0.4 is 11.1 Å². The molecule has 0 saturated carbocycles. The third-order valence-corrected chi connectivity index (χ3v) is 2.95. The minimum atomic E-state index is -0.366. The van der Waals surface area contributed by atoms with Crippen LogP contribution in [0.5, 0.6) is 0 Å². The molecule has 4 heteroatoms. The predicted molar refractivity (Wildman–Crippen MR) is 70.3 cm³/mol. The molecule has 0 aliphatic heterocycles. The maximum atomic E-state index is 11.5. The van der Waals surface area contributed by atoms with Crippen molar-refractivity contribution >= 4 is 6.09 Å². The van der Waals surface area contributed by atoms with Crippen LogP contribution in [-0.2, 0) is 17.6 Å². The van der Waals surface area contributed by atoms with Crippen molar-refractivity contribution in [3.63, 3.8) is 0 Å². The van der Waals surface area contributed by atoms with Crippen molar-refractivity contribution in [1.29, 1.82) is 0 Å². The molecule has 96 valence electrons. The fourth-order valence-corrected chi connectivity index (χ4v) is 2.12. The molecular formula is C14H18N2O2. The predicted octanol–water partition coefficient (Wildman–Crippen LogP) is 1.39. The van der Waals surface area contributed by atoms with Gasteiger partial charge in [0.15, 0.2) is 0 Å². The fraction of sp³-hybridized carbons (Fsp3) is 0.357. The Labute approximate surface area is 107 Å². The van der Waals surface area contributed by atoms with Crippen molar-refractivity contribution < 1.29 is 9.53 Å². The van der Waals surface area contributed by atoms with Gasteiger partial charge in [-0.2, -0.15) is 0 Å². The monoisotopic (exact) mass is 246 g/mol. The first kappa shape index (κ1) is 12.6. The average molecular weight is 246 g/mol. The number of hydrogen-bond donors (Lipinski definition) is 2. The van der Waals surface area contributed by atoms with Crippen molar-refractivity contribution in [2.45, 2.75) is 18.9 Å². The van der Waals surface area contributed by atoms with Gasteiger partial charge in [0.25, 0.3) is 0 Å². The van der Waals surface area contributed by atoms with Gasteiger partial charge >= 0.3 is 6.09 Å². The van der Waals surface area contributed by atoms with Gasteiger partial charge in [-0.1, -0.05) is 36.4 Å². The molecule has 0 saturated heterocycles. The number of alkyl carbamates (subject to hydrolysis) is 1. The minimum absolute atomic E-state index is 0.0408. The molecule has 1 aromatic carbocycles. The van der Waals surface area contributed by atoms with Crippen LogP contribution in [0.3, 0.4) is 0 Å². The van der Waals surface area contributed by atoms with Gasteiger partial charge in [-0.3, -0.25) is 0 Å². The number of nitrogens with two attached hydrogens (primary N) is 1. The summed E-state index contributed by atoms with van der Waals surface area (Å²) >= 11 is 0. The lowest BCUT2D eigenvalue weighted by Crippen LogP contribution is -2.29.